The van der Waals surface area contributed by atoms with Gasteiger partial charge < -0.3 is 15.1 Å². The number of anilines is 1. The highest BCUT2D eigenvalue weighted by Gasteiger charge is 2.41. The molecule has 0 radical (unpaired) electrons. The molecule has 9 nitrogen and oxygen atoms in total. The lowest BCUT2D eigenvalue weighted by molar-refractivity contribution is -0.137. The van der Waals surface area contributed by atoms with Gasteiger partial charge in [-0.3, -0.25) is 9.79 Å². The number of sulfonamides is 1. The van der Waals surface area contributed by atoms with Gasteiger partial charge in [-0.05, 0) is 61.6 Å². The normalized spacial score (nSPS) is 19.1. The molecular formula is C31H35F3N6O3S2. The number of aryl methyl sites for hydroxylation is 2. The number of amidine groups is 1. The predicted molar refractivity (Wildman–Crippen MR) is 168 cm³/mol. The van der Waals surface area contributed by atoms with Crippen LogP contribution in [0.2, 0.25) is 0 Å². The zero-order valence-electron chi connectivity index (χ0n) is 24.9. The average molecular weight is 661 g/mol. The van der Waals surface area contributed by atoms with Gasteiger partial charge in [0, 0.05) is 62.0 Å². The molecule has 1 amide bonds. The molecule has 1 spiro atoms. The van der Waals surface area contributed by atoms with Crippen molar-refractivity contribution in [2.45, 2.75) is 37.9 Å². The molecule has 3 aliphatic rings. The molecule has 2 saturated heterocycles. The molecular weight excluding hydrogens is 626 g/mol. The number of halogens is 3. The number of piperazine rings is 1. The second-order valence-electron chi connectivity index (χ2n) is 11.8. The van der Waals surface area contributed by atoms with Gasteiger partial charge in [-0.1, -0.05) is 18.2 Å². The lowest BCUT2D eigenvalue weighted by Gasteiger charge is -2.38. The van der Waals surface area contributed by atoms with E-state index in [0.29, 0.717) is 68.9 Å². The van der Waals surface area contributed by atoms with E-state index in [1.165, 1.54) is 10.4 Å². The monoisotopic (exact) mass is 660 g/mol. The molecule has 45 heavy (non-hydrogen) atoms. The average Bonchev–Trinajstić information content (AvgIpc) is 3.71. The van der Waals surface area contributed by atoms with Crippen molar-refractivity contribution in [1.82, 2.24) is 19.5 Å². The number of piperidine rings is 1. The van der Waals surface area contributed by atoms with E-state index < -0.39 is 27.3 Å². The van der Waals surface area contributed by atoms with Gasteiger partial charge in [0.1, 0.15) is 5.84 Å². The maximum Gasteiger partial charge on any atom is 0.416 e. The molecule has 6 rings (SSSR count). The van der Waals surface area contributed by atoms with Crippen LogP contribution in [-0.2, 0) is 22.6 Å². The molecule has 3 aliphatic heterocycles. The number of carbonyl (C=O) groups is 1. The summed E-state index contributed by atoms with van der Waals surface area (Å²) in [4.78, 5) is 26.0. The van der Waals surface area contributed by atoms with E-state index >= 15 is 0 Å². The molecule has 0 atom stereocenters. The third-order valence-electron chi connectivity index (χ3n) is 8.94. The number of aliphatic imine (C=N–C) groups is 1. The van der Waals surface area contributed by atoms with Gasteiger partial charge in [-0.2, -0.15) is 13.2 Å². The topological polar surface area (TPSA) is 98.2 Å². The molecule has 2 fully saturated rings. The molecule has 1 N–H and O–H groups in total. The number of amides is 1. The van der Waals surface area contributed by atoms with Crippen LogP contribution in [0.3, 0.4) is 0 Å². The highest BCUT2D eigenvalue weighted by Crippen LogP contribution is 2.32. The van der Waals surface area contributed by atoms with E-state index in [1.807, 2.05) is 29.3 Å². The number of rotatable bonds is 7. The zero-order valence-corrected chi connectivity index (χ0v) is 26.5. The fraction of sp³-hybridized carbons (Fsp3) is 0.452. The van der Waals surface area contributed by atoms with Gasteiger partial charge in [-0.15, -0.1) is 11.3 Å². The fourth-order valence-electron chi connectivity index (χ4n) is 6.18. The highest BCUT2D eigenvalue weighted by molar-refractivity contribution is 7.89. The number of nitrogens with zero attached hydrogens (tertiary/aromatic N) is 5. The second kappa shape index (κ2) is 12.4. The summed E-state index contributed by atoms with van der Waals surface area (Å²) >= 11 is 1.59. The largest absolute Gasteiger partial charge is 0.416 e. The first-order valence-electron chi connectivity index (χ1n) is 14.9. The lowest BCUT2D eigenvalue weighted by atomic mass is 9.89. The molecule has 2 aromatic carbocycles. The summed E-state index contributed by atoms with van der Waals surface area (Å²) in [5.41, 5.74) is 1.53. The molecule has 1 aromatic heterocycles. The third kappa shape index (κ3) is 6.87. The summed E-state index contributed by atoms with van der Waals surface area (Å²) in [6.07, 6.45) is -1.32. The van der Waals surface area contributed by atoms with Gasteiger partial charge in [0.25, 0.3) is 5.91 Å². The SMILES string of the molecule is Cc1cc(C(=O)N2CCN(c3nccs3)CC2)ccc1CCS(=O)(=O)N1CCC2(CC1)CN=C(c1cccc(C(F)(F)F)c1)N2. The van der Waals surface area contributed by atoms with Crippen molar-refractivity contribution in [3.63, 3.8) is 0 Å². The van der Waals surface area contributed by atoms with E-state index in [0.717, 1.165) is 41.5 Å². The van der Waals surface area contributed by atoms with Crippen LogP contribution >= 0.6 is 11.3 Å². The summed E-state index contributed by atoms with van der Waals surface area (Å²) < 4.78 is 67.6. The number of hydrogen-bond acceptors (Lipinski definition) is 8. The maximum absolute atomic E-state index is 13.3. The third-order valence-corrected chi connectivity index (χ3v) is 11.6. The smallest absolute Gasteiger partial charge is 0.362 e. The Morgan fingerprint density at radius 3 is 2.47 bits per heavy atom. The molecule has 14 heteroatoms. The standard InChI is InChI=1S/C31H35F3N6O3S2/c1-22-19-25(28(41)38-13-15-39(16-14-38)29-35-10-17-44-29)6-5-23(22)7-18-45(42,43)40-11-8-30(9-12-40)21-36-27(37-30)24-3-2-4-26(20-24)31(32,33)34/h2-6,10,17,19-20H,7-9,11-16,18,21H2,1H3,(H,36,37). The first kappa shape index (κ1) is 31.5. The lowest BCUT2D eigenvalue weighted by Crippen LogP contribution is -2.55. The minimum absolute atomic E-state index is 0.0287. The van der Waals surface area contributed by atoms with Crippen molar-refractivity contribution in [2.75, 3.05) is 56.5 Å². The van der Waals surface area contributed by atoms with Crippen LogP contribution in [0, 0.1) is 6.92 Å². The molecule has 0 saturated carbocycles. The van der Waals surface area contributed by atoms with Crippen LogP contribution in [0.5, 0.6) is 0 Å². The van der Waals surface area contributed by atoms with E-state index in [2.05, 4.69) is 20.2 Å². The summed E-state index contributed by atoms with van der Waals surface area (Å²) in [6, 6.07) is 10.5. The fourth-order valence-corrected chi connectivity index (χ4v) is 8.35. The Morgan fingerprint density at radius 1 is 1.04 bits per heavy atom. The van der Waals surface area contributed by atoms with Crippen LogP contribution in [-0.4, -0.2) is 91.5 Å². The van der Waals surface area contributed by atoms with Crippen molar-refractivity contribution >= 4 is 38.2 Å². The van der Waals surface area contributed by atoms with Gasteiger partial charge in [0.05, 0.1) is 23.4 Å². The van der Waals surface area contributed by atoms with Gasteiger partial charge in [-0.25, -0.2) is 17.7 Å². The Hall–Kier alpha value is -3.49. The van der Waals surface area contributed by atoms with Crippen LogP contribution < -0.4 is 10.2 Å². The number of aromatic nitrogens is 1. The number of carbonyl (C=O) groups excluding carboxylic acids is 1. The van der Waals surface area contributed by atoms with E-state index in [4.69, 9.17) is 0 Å². The van der Waals surface area contributed by atoms with Crippen LogP contribution in [0.25, 0.3) is 0 Å². The Kier molecular flexibility index (Phi) is 8.65. The maximum atomic E-state index is 13.3. The molecule has 240 valence electrons. The van der Waals surface area contributed by atoms with E-state index in [9.17, 15) is 26.4 Å². The van der Waals surface area contributed by atoms with Crippen LogP contribution in [0.1, 0.15) is 45.5 Å². The van der Waals surface area contributed by atoms with Gasteiger partial charge in [0.15, 0.2) is 5.13 Å². The minimum atomic E-state index is -4.44. The summed E-state index contributed by atoms with van der Waals surface area (Å²) in [5.74, 6) is 0.332. The molecule has 3 aromatic rings. The van der Waals surface area contributed by atoms with E-state index in [-0.39, 0.29) is 11.7 Å². The number of thiazole rings is 1. The van der Waals surface area contributed by atoms with Crippen molar-refractivity contribution in [2.24, 2.45) is 4.99 Å². The van der Waals surface area contributed by atoms with Crippen molar-refractivity contribution < 1.29 is 26.4 Å². The number of benzene rings is 2. The molecule has 4 heterocycles. The van der Waals surface area contributed by atoms with Gasteiger partial charge >= 0.3 is 6.18 Å². The molecule has 0 aliphatic carbocycles. The predicted octanol–water partition coefficient (Wildman–Crippen LogP) is 4.19. The van der Waals surface area contributed by atoms with E-state index in [1.54, 1.807) is 29.7 Å². The Bertz CT molecular complexity index is 1680. The summed E-state index contributed by atoms with van der Waals surface area (Å²) in [7, 11) is -3.54. The Labute approximate surface area is 264 Å². The summed E-state index contributed by atoms with van der Waals surface area (Å²) in [5, 5.41) is 6.22. The number of hydrogen-bond donors (Lipinski definition) is 1. The number of nitrogens with one attached hydrogen (secondary N) is 1. The Morgan fingerprint density at radius 2 is 1.80 bits per heavy atom. The highest BCUT2D eigenvalue weighted by atomic mass is 32.2. The quantitative estimate of drug-likeness (QED) is 0.409. The van der Waals surface area contributed by atoms with Gasteiger partial charge in [0.2, 0.25) is 10.0 Å². The Balaban J connectivity index is 1.00. The zero-order chi connectivity index (χ0) is 31.8. The van der Waals surface area contributed by atoms with Crippen molar-refractivity contribution in [3.05, 3.63) is 81.9 Å². The summed E-state index contributed by atoms with van der Waals surface area (Å²) in [6.45, 7) is 5.59. The van der Waals surface area contributed by atoms with Crippen LogP contribution in [0.15, 0.2) is 59.0 Å². The number of alkyl halides is 3. The van der Waals surface area contributed by atoms with Crippen LogP contribution in [0.4, 0.5) is 18.3 Å². The first-order chi connectivity index (χ1) is 21.4. The second-order valence-corrected chi connectivity index (χ2v) is 14.8. The first-order valence-corrected chi connectivity index (χ1v) is 17.4. The van der Waals surface area contributed by atoms with Crippen molar-refractivity contribution in [1.29, 1.82) is 0 Å². The molecule has 0 unspecified atom stereocenters. The molecule has 0 bridgehead atoms. The minimum Gasteiger partial charge on any atom is -0.362 e. The van der Waals surface area contributed by atoms with Crippen molar-refractivity contribution in [3.8, 4) is 0 Å².